The molecular formula is C43H73O8P. The molecule has 0 rings (SSSR count). The average Bonchev–Trinajstić information content (AvgIpc) is 3.12. The molecule has 9 heteroatoms. The summed E-state index contributed by atoms with van der Waals surface area (Å²) in [5.41, 5.74) is 0. The maximum Gasteiger partial charge on any atom is 0.472 e. The van der Waals surface area contributed by atoms with E-state index in [9.17, 15) is 19.0 Å². The molecule has 0 saturated heterocycles. The van der Waals surface area contributed by atoms with Crippen molar-refractivity contribution in [2.45, 2.75) is 168 Å². The SMILES string of the molecule is CC/C=C\C/C=C\C/C=C\C/C=C\CCCCCCC(=O)OC(COC(=O)CCCCCCC/C=C\C/C=C\CCCCC)COP(=O)(O)OCC. The van der Waals surface area contributed by atoms with E-state index in [1.54, 1.807) is 6.92 Å². The summed E-state index contributed by atoms with van der Waals surface area (Å²) in [6.07, 6.45) is 46.6. The van der Waals surface area contributed by atoms with Gasteiger partial charge >= 0.3 is 19.8 Å². The Morgan fingerprint density at radius 3 is 1.48 bits per heavy atom. The van der Waals surface area contributed by atoms with Crippen LogP contribution >= 0.6 is 7.82 Å². The first-order chi connectivity index (χ1) is 25.3. The molecule has 0 aliphatic heterocycles. The van der Waals surface area contributed by atoms with Gasteiger partial charge < -0.3 is 14.4 Å². The molecule has 0 fully saturated rings. The van der Waals surface area contributed by atoms with Gasteiger partial charge in [-0.2, -0.15) is 0 Å². The van der Waals surface area contributed by atoms with Gasteiger partial charge in [-0.25, -0.2) is 4.57 Å². The average molecular weight is 749 g/mol. The molecule has 0 amide bonds. The van der Waals surface area contributed by atoms with Crippen molar-refractivity contribution in [3.05, 3.63) is 72.9 Å². The van der Waals surface area contributed by atoms with Gasteiger partial charge in [0.25, 0.3) is 0 Å². The third-order valence-electron chi connectivity index (χ3n) is 8.00. The van der Waals surface area contributed by atoms with Crippen molar-refractivity contribution in [2.24, 2.45) is 0 Å². The second kappa shape index (κ2) is 38.2. The van der Waals surface area contributed by atoms with Crippen LogP contribution in [0, 0.1) is 0 Å². The van der Waals surface area contributed by atoms with Gasteiger partial charge in [-0.05, 0) is 90.4 Å². The highest BCUT2D eigenvalue weighted by molar-refractivity contribution is 7.47. The van der Waals surface area contributed by atoms with Gasteiger partial charge in [-0.15, -0.1) is 0 Å². The zero-order valence-corrected chi connectivity index (χ0v) is 33.8. The standard InChI is InChI=1S/C43H73O8P/c1-4-7-9-11-13-15-17-19-21-22-24-26-28-30-32-34-36-38-43(45)51-41(40-50-52(46,47)49-6-3)39-48-42(44)37-35-33-31-29-27-25-23-20-18-16-14-12-10-8-5-2/h7,9,13-16,19-21,23-24,26,41H,4-6,8,10-12,17-18,22,25,27-40H2,1-3H3,(H,46,47)/b9-7-,15-13-,16-14-,21-19-,23-20-,26-24-. The number of esters is 2. The highest BCUT2D eigenvalue weighted by Crippen LogP contribution is 2.43. The van der Waals surface area contributed by atoms with Crippen molar-refractivity contribution in [1.82, 2.24) is 0 Å². The van der Waals surface area contributed by atoms with Crippen molar-refractivity contribution < 1.29 is 37.6 Å². The van der Waals surface area contributed by atoms with Crippen molar-refractivity contribution in [3.63, 3.8) is 0 Å². The van der Waals surface area contributed by atoms with Gasteiger partial charge in [0.05, 0.1) is 13.2 Å². The second-order valence-corrected chi connectivity index (χ2v) is 14.4. The Morgan fingerprint density at radius 2 is 0.981 bits per heavy atom. The Kier molecular flexibility index (Phi) is 36.4. The minimum atomic E-state index is -4.29. The molecule has 52 heavy (non-hydrogen) atoms. The Hall–Kier alpha value is -2.51. The number of ether oxygens (including phenoxy) is 2. The van der Waals surface area contributed by atoms with E-state index in [2.05, 4.69) is 86.8 Å². The van der Waals surface area contributed by atoms with Gasteiger partial charge in [0.15, 0.2) is 6.10 Å². The Balaban J connectivity index is 4.21. The normalized spacial score (nSPS) is 14.2. The summed E-state index contributed by atoms with van der Waals surface area (Å²) < 4.78 is 32.5. The van der Waals surface area contributed by atoms with E-state index < -0.39 is 32.5 Å². The molecule has 0 spiro atoms. The summed E-state index contributed by atoms with van der Waals surface area (Å²) in [4.78, 5) is 34.7. The van der Waals surface area contributed by atoms with Crippen LogP contribution in [0.3, 0.4) is 0 Å². The number of rotatable bonds is 36. The molecule has 0 aromatic heterocycles. The summed E-state index contributed by atoms with van der Waals surface area (Å²) >= 11 is 0. The molecule has 0 aliphatic rings. The first-order valence-electron chi connectivity index (χ1n) is 20.2. The number of unbranched alkanes of at least 4 members (excludes halogenated alkanes) is 12. The Morgan fingerprint density at radius 1 is 0.538 bits per heavy atom. The number of allylic oxidation sites excluding steroid dienone is 12. The van der Waals surface area contributed by atoms with E-state index in [1.165, 1.54) is 25.7 Å². The number of carbonyl (C=O) groups excluding carboxylic acids is 2. The molecule has 1 N–H and O–H groups in total. The summed E-state index contributed by atoms with van der Waals surface area (Å²) in [7, 11) is -4.29. The van der Waals surface area contributed by atoms with Crippen molar-refractivity contribution in [3.8, 4) is 0 Å². The predicted octanol–water partition coefficient (Wildman–Crippen LogP) is 12.6. The first-order valence-corrected chi connectivity index (χ1v) is 21.7. The third-order valence-corrected chi connectivity index (χ3v) is 9.06. The van der Waals surface area contributed by atoms with Crippen LogP contribution in [0.1, 0.15) is 162 Å². The Bertz CT molecular complexity index is 1080. The topological polar surface area (TPSA) is 108 Å². The molecule has 2 unspecified atom stereocenters. The van der Waals surface area contributed by atoms with Gasteiger partial charge in [0, 0.05) is 12.8 Å². The highest BCUT2D eigenvalue weighted by atomic mass is 31.2. The molecule has 0 bridgehead atoms. The highest BCUT2D eigenvalue weighted by Gasteiger charge is 2.25. The van der Waals surface area contributed by atoms with Crippen LogP contribution in [0.2, 0.25) is 0 Å². The van der Waals surface area contributed by atoms with Crippen LogP contribution in [0.15, 0.2) is 72.9 Å². The maximum absolute atomic E-state index is 12.5. The second-order valence-electron chi connectivity index (χ2n) is 12.9. The smallest absolute Gasteiger partial charge is 0.462 e. The fourth-order valence-corrected chi connectivity index (χ4v) is 5.82. The molecule has 0 aliphatic carbocycles. The summed E-state index contributed by atoms with van der Waals surface area (Å²) in [6.45, 7) is 5.27. The van der Waals surface area contributed by atoms with E-state index in [-0.39, 0.29) is 26.1 Å². The van der Waals surface area contributed by atoms with Crippen LogP contribution in [0.4, 0.5) is 0 Å². The summed E-state index contributed by atoms with van der Waals surface area (Å²) in [5, 5.41) is 0. The number of carbonyl (C=O) groups is 2. The minimum absolute atomic E-state index is 0.0109. The van der Waals surface area contributed by atoms with E-state index in [4.69, 9.17) is 18.5 Å². The fourth-order valence-electron chi connectivity index (χ4n) is 5.06. The molecular weight excluding hydrogens is 675 g/mol. The van der Waals surface area contributed by atoms with Crippen LogP contribution in [0.5, 0.6) is 0 Å². The summed E-state index contributed by atoms with van der Waals surface area (Å²) in [6, 6.07) is 0. The maximum atomic E-state index is 12.5. The lowest BCUT2D eigenvalue weighted by atomic mass is 10.1. The largest absolute Gasteiger partial charge is 0.472 e. The van der Waals surface area contributed by atoms with Crippen LogP contribution < -0.4 is 0 Å². The molecule has 0 radical (unpaired) electrons. The van der Waals surface area contributed by atoms with E-state index in [0.717, 1.165) is 96.3 Å². The van der Waals surface area contributed by atoms with Gasteiger partial charge in [-0.1, -0.05) is 132 Å². The van der Waals surface area contributed by atoms with Gasteiger partial charge in [-0.3, -0.25) is 18.6 Å². The lowest BCUT2D eigenvalue weighted by Gasteiger charge is -2.19. The molecule has 0 saturated carbocycles. The zero-order valence-electron chi connectivity index (χ0n) is 32.9. The predicted molar refractivity (Wildman–Crippen MR) is 216 cm³/mol. The van der Waals surface area contributed by atoms with Crippen molar-refractivity contribution in [2.75, 3.05) is 19.8 Å². The van der Waals surface area contributed by atoms with Crippen LogP contribution in [0.25, 0.3) is 0 Å². The zero-order chi connectivity index (χ0) is 38.2. The molecule has 0 heterocycles. The first kappa shape index (κ1) is 49.5. The van der Waals surface area contributed by atoms with Crippen LogP contribution in [-0.2, 0) is 32.7 Å². The molecule has 298 valence electrons. The Labute approximate surface area is 317 Å². The lowest BCUT2D eigenvalue weighted by molar-refractivity contribution is -0.161. The van der Waals surface area contributed by atoms with Crippen molar-refractivity contribution >= 4 is 19.8 Å². The lowest BCUT2D eigenvalue weighted by Crippen LogP contribution is -2.29. The van der Waals surface area contributed by atoms with Gasteiger partial charge in [0.2, 0.25) is 0 Å². The van der Waals surface area contributed by atoms with Crippen LogP contribution in [-0.4, -0.2) is 42.8 Å². The molecule has 0 aromatic rings. The monoisotopic (exact) mass is 749 g/mol. The van der Waals surface area contributed by atoms with E-state index in [0.29, 0.717) is 6.42 Å². The molecule has 8 nitrogen and oxygen atoms in total. The molecule has 2 atom stereocenters. The number of hydrogen-bond acceptors (Lipinski definition) is 7. The van der Waals surface area contributed by atoms with E-state index in [1.807, 2.05) is 0 Å². The van der Waals surface area contributed by atoms with E-state index >= 15 is 0 Å². The van der Waals surface area contributed by atoms with Crippen molar-refractivity contribution in [1.29, 1.82) is 0 Å². The number of hydrogen-bond donors (Lipinski definition) is 1. The fraction of sp³-hybridized carbons (Fsp3) is 0.674. The molecule has 0 aromatic carbocycles. The third kappa shape index (κ3) is 37.3. The quantitative estimate of drug-likeness (QED) is 0.0292. The van der Waals surface area contributed by atoms with Gasteiger partial charge in [0.1, 0.15) is 6.61 Å². The number of phosphoric ester groups is 1. The minimum Gasteiger partial charge on any atom is -0.462 e. The summed E-state index contributed by atoms with van der Waals surface area (Å²) in [5.74, 6) is -0.849. The number of phosphoric acid groups is 1.